The van der Waals surface area contributed by atoms with E-state index in [1.54, 1.807) is 4.90 Å². The Bertz CT molecular complexity index is 1020. The molecule has 7 nitrogen and oxygen atoms in total. The van der Waals surface area contributed by atoms with E-state index >= 15 is 0 Å². The van der Waals surface area contributed by atoms with Gasteiger partial charge in [0.15, 0.2) is 0 Å². The molecule has 1 aliphatic heterocycles. The number of nitrogens with zero attached hydrogens (tertiary/aromatic N) is 2. The van der Waals surface area contributed by atoms with E-state index in [1.807, 2.05) is 31.2 Å². The Morgan fingerprint density at radius 1 is 1.14 bits per heavy atom. The third kappa shape index (κ3) is 4.42. The molecular weight excluding hydrogens is 392 g/mol. The van der Waals surface area contributed by atoms with Crippen LogP contribution in [0.25, 0.3) is 0 Å². The highest BCUT2D eigenvalue weighted by molar-refractivity contribution is 7.92. The zero-order valence-electron chi connectivity index (χ0n) is 16.7. The van der Waals surface area contributed by atoms with Gasteiger partial charge in [-0.1, -0.05) is 18.2 Å². The molecule has 0 saturated carbocycles. The van der Waals surface area contributed by atoms with Gasteiger partial charge >= 0.3 is 5.97 Å². The smallest absolute Gasteiger partial charge is 0.337 e. The summed E-state index contributed by atoms with van der Waals surface area (Å²) >= 11 is 0. The first-order chi connectivity index (χ1) is 13.7. The summed E-state index contributed by atoms with van der Waals surface area (Å²) in [5.74, 6) is -0.815. The van der Waals surface area contributed by atoms with E-state index < -0.39 is 16.0 Å². The van der Waals surface area contributed by atoms with E-state index in [4.69, 9.17) is 0 Å². The summed E-state index contributed by atoms with van der Waals surface area (Å²) in [6.07, 6.45) is 2.75. The number of para-hydroxylation sites is 1. The second-order valence-electron chi connectivity index (χ2n) is 7.09. The lowest BCUT2D eigenvalue weighted by Gasteiger charge is -2.36. The summed E-state index contributed by atoms with van der Waals surface area (Å²) in [6, 6.07) is 13.6. The molecule has 0 fully saturated rings. The van der Waals surface area contributed by atoms with Gasteiger partial charge in [-0.3, -0.25) is 9.10 Å². The Hall–Kier alpha value is -2.87. The molecule has 0 bridgehead atoms. The number of hydrogen-bond donors (Lipinski definition) is 0. The lowest BCUT2D eigenvalue weighted by Crippen LogP contribution is -2.48. The SMILES string of the molecule is COC(=O)c1ccc(N(CC(=O)N2c3ccccc3CCC2C)S(C)(=O)=O)cc1. The number of fused-ring (bicyclic) bond motifs is 1. The zero-order valence-corrected chi connectivity index (χ0v) is 17.5. The number of amides is 1. The number of anilines is 2. The number of benzene rings is 2. The van der Waals surface area contributed by atoms with Crippen molar-refractivity contribution in [2.45, 2.75) is 25.8 Å². The molecule has 0 N–H and O–H groups in total. The van der Waals surface area contributed by atoms with Crippen LogP contribution >= 0.6 is 0 Å². The van der Waals surface area contributed by atoms with Crippen LogP contribution in [0.1, 0.15) is 29.3 Å². The van der Waals surface area contributed by atoms with Gasteiger partial charge in [0.1, 0.15) is 6.54 Å². The van der Waals surface area contributed by atoms with Crippen LogP contribution in [0.15, 0.2) is 48.5 Å². The number of ether oxygens (including phenoxy) is 1. The van der Waals surface area contributed by atoms with E-state index in [9.17, 15) is 18.0 Å². The first-order valence-corrected chi connectivity index (χ1v) is 11.1. The number of methoxy groups -OCH3 is 1. The van der Waals surface area contributed by atoms with Crippen molar-refractivity contribution in [3.63, 3.8) is 0 Å². The third-order valence-electron chi connectivity index (χ3n) is 5.05. The van der Waals surface area contributed by atoms with Crippen LogP contribution in [-0.4, -0.2) is 46.2 Å². The second kappa shape index (κ2) is 8.24. The predicted molar refractivity (Wildman–Crippen MR) is 112 cm³/mol. The lowest BCUT2D eigenvalue weighted by molar-refractivity contribution is -0.117. The van der Waals surface area contributed by atoms with Crippen LogP contribution in [0, 0.1) is 0 Å². The largest absolute Gasteiger partial charge is 0.465 e. The van der Waals surface area contributed by atoms with E-state index in [0.29, 0.717) is 11.3 Å². The highest BCUT2D eigenvalue weighted by Gasteiger charge is 2.31. The maximum Gasteiger partial charge on any atom is 0.337 e. The topological polar surface area (TPSA) is 84.0 Å². The molecule has 1 amide bonds. The summed E-state index contributed by atoms with van der Waals surface area (Å²) in [7, 11) is -2.44. The van der Waals surface area contributed by atoms with Gasteiger partial charge in [0.2, 0.25) is 15.9 Å². The quantitative estimate of drug-likeness (QED) is 0.700. The Morgan fingerprint density at radius 3 is 2.41 bits per heavy atom. The molecular formula is C21H24N2O5S. The van der Waals surface area contributed by atoms with E-state index in [-0.39, 0.29) is 18.5 Å². The van der Waals surface area contributed by atoms with Gasteiger partial charge in [-0.2, -0.15) is 0 Å². The lowest BCUT2D eigenvalue weighted by atomic mass is 9.96. The fourth-order valence-corrected chi connectivity index (χ4v) is 4.40. The van der Waals surface area contributed by atoms with Gasteiger partial charge in [0.25, 0.3) is 0 Å². The molecule has 2 aromatic rings. The first-order valence-electron chi connectivity index (χ1n) is 9.28. The van der Waals surface area contributed by atoms with Crippen LogP contribution in [0.3, 0.4) is 0 Å². The maximum atomic E-state index is 13.2. The minimum Gasteiger partial charge on any atom is -0.465 e. The second-order valence-corrected chi connectivity index (χ2v) is 9.00. The third-order valence-corrected chi connectivity index (χ3v) is 6.19. The summed E-state index contributed by atoms with van der Waals surface area (Å²) in [5, 5.41) is 0. The van der Waals surface area contributed by atoms with Crippen molar-refractivity contribution in [1.82, 2.24) is 0 Å². The summed E-state index contributed by atoms with van der Waals surface area (Å²) in [4.78, 5) is 26.5. The number of carbonyl (C=O) groups excluding carboxylic acids is 2. The molecule has 2 aromatic carbocycles. The van der Waals surface area contributed by atoms with Gasteiger partial charge in [-0.25, -0.2) is 13.2 Å². The summed E-state index contributed by atoms with van der Waals surface area (Å²) in [6.45, 7) is 1.64. The fourth-order valence-electron chi connectivity index (χ4n) is 3.55. The predicted octanol–water partition coefficient (Wildman–Crippen LogP) is 2.61. The number of esters is 1. The molecule has 8 heteroatoms. The highest BCUT2D eigenvalue weighted by atomic mass is 32.2. The van der Waals surface area contributed by atoms with Crippen molar-refractivity contribution in [1.29, 1.82) is 0 Å². The Morgan fingerprint density at radius 2 is 1.79 bits per heavy atom. The normalized spacial score (nSPS) is 16.1. The molecule has 29 heavy (non-hydrogen) atoms. The van der Waals surface area contributed by atoms with Crippen molar-refractivity contribution < 1.29 is 22.7 Å². The van der Waals surface area contributed by atoms with Crippen molar-refractivity contribution in [3.8, 4) is 0 Å². The molecule has 154 valence electrons. The number of carbonyl (C=O) groups is 2. The first kappa shape index (κ1) is 20.9. The molecule has 0 saturated heterocycles. The number of hydrogen-bond acceptors (Lipinski definition) is 5. The van der Waals surface area contributed by atoms with Gasteiger partial charge in [-0.05, 0) is 55.7 Å². The molecule has 3 rings (SSSR count). The molecule has 1 unspecified atom stereocenters. The maximum absolute atomic E-state index is 13.2. The number of aryl methyl sites for hydroxylation is 1. The molecule has 0 aromatic heterocycles. The average molecular weight is 416 g/mol. The van der Waals surface area contributed by atoms with Gasteiger partial charge in [-0.15, -0.1) is 0 Å². The van der Waals surface area contributed by atoms with Crippen LogP contribution in [0.5, 0.6) is 0 Å². The zero-order chi connectivity index (χ0) is 21.2. The monoisotopic (exact) mass is 416 g/mol. The van der Waals surface area contributed by atoms with Crippen LogP contribution in [-0.2, 0) is 26.0 Å². The van der Waals surface area contributed by atoms with Crippen molar-refractivity contribution in [2.24, 2.45) is 0 Å². The minimum absolute atomic E-state index is 0.0273. The highest BCUT2D eigenvalue weighted by Crippen LogP contribution is 2.31. The fraction of sp³-hybridized carbons (Fsp3) is 0.333. The molecule has 1 atom stereocenters. The summed E-state index contributed by atoms with van der Waals surface area (Å²) < 4.78 is 30.5. The molecule has 0 aliphatic carbocycles. The minimum atomic E-state index is -3.72. The average Bonchev–Trinajstić information content (AvgIpc) is 2.70. The molecule has 0 radical (unpaired) electrons. The van der Waals surface area contributed by atoms with E-state index in [2.05, 4.69) is 4.74 Å². The van der Waals surface area contributed by atoms with E-state index in [0.717, 1.165) is 34.7 Å². The molecule has 1 heterocycles. The summed E-state index contributed by atoms with van der Waals surface area (Å²) in [5.41, 5.74) is 2.51. The van der Waals surface area contributed by atoms with Crippen LogP contribution in [0.2, 0.25) is 0 Å². The standard InChI is InChI=1S/C21H24N2O5S/c1-15-8-9-16-6-4-5-7-19(16)23(15)20(24)14-22(29(3,26)27)18-12-10-17(11-13-18)21(25)28-2/h4-7,10-13,15H,8-9,14H2,1-3H3. The Kier molecular flexibility index (Phi) is 5.93. The number of sulfonamides is 1. The van der Waals surface area contributed by atoms with Crippen LogP contribution in [0.4, 0.5) is 11.4 Å². The van der Waals surface area contributed by atoms with Crippen molar-refractivity contribution in [3.05, 3.63) is 59.7 Å². The van der Waals surface area contributed by atoms with Gasteiger partial charge in [0, 0.05) is 11.7 Å². The van der Waals surface area contributed by atoms with Crippen molar-refractivity contribution in [2.75, 3.05) is 29.1 Å². The van der Waals surface area contributed by atoms with Crippen LogP contribution < -0.4 is 9.21 Å². The molecule has 1 aliphatic rings. The Balaban J connectivity index is 1.90. The van der Waals surface area contributed by atoms with Gasteiger partial charge in [0.05, 0.1) is 24.6 Å². The van der Waals surface area contributed by atoms with E-state index in [1.165, 1.54) is 31.4 Å². The molecule has 0 spiro atoms. The van der Waals surface area contributed by atoms with Crippen molar-refractivity contribution >= 4 is 33.3 Å². The van der Waals surface area contributed by atoms with Gasteiger partial charge < -0.3 is 9.64 Å². The Labute approximate surface area is 170 Å². The number of rotatable bonds is 5.